The highest BCUT2D eigenvalue weighted by Gasteiger charge is 2.28. The lowest BCUT2D eigenvalue weighted by atomic mass is 9.93. The standard InChI is InChI=1S/C14H14N2O2/c1-16-7-6-15-14(16)13(17)11-8-10-4-2-3-5-12(10)18-9-11/h2-7,11H,8-9H2,1H3. The van der Waals surface area contributed by atoms with Crippen LogP contribution in [0.25, 0.3) is 0 Å². The van der Waals surface area contributed by atoms with E-state index in [1.165, 1.54) is 0 Å². The lowest BCUT2D eigenvalue weighted by Gasteiger charge is -2.23. The number of nitrogens with zero attached hydrogens (tertiary/aromatic N) is 2. The minimum Gasteiger partial charge on any atom is -0.493 e. The molecule has 0 aliphatic carbocycles. The first kappa shape index (κ1) is 11.0. The van der Waals surface area contributed by atoms with Crippen molar-refractivity contribution in [2.45, 2.75) is 6.42 Å². The highest BCUT2D eigenvalue weighted by molar-refractivity contribution is 5.95. The highest BCUT2D eigenvalue weighted by Crippen LogP contribution is 2.28. The van der Waals surface area contributed by atoms with Gasteiger partial charge in [-0.2, -0.15) is 0 Å². The third-order valence-corrected chi connectivity index (χ3v) is 3.29. The molecule has 0 amide bonds. The van der Waals surface area contributed by atoms with Crippen LogP contribution in [0.3, 0.4) is 0 Å². The number of ether oxygens (including phenoxy) is 1. The van der Waals surface area contributed by atoms with Gasteiger partial charge in [-0.15, -0.1) is 0 Å². The Kier molecular flexibility index (Phi) is 2.63. The molecule has 0 fully saturated rings. The molecule has 4 nitrogen and oxygen atoms in total. The maximum atomic E-state index is 12.3. The third kappa shape index (κ3) is 1.79. The third-order valence-electron chi connectivity index (χ3n) is 3.29. The zero-order valence-corrected chi connectivity index (χ0v) is 10.2. The molecule has 1 unspecified atom stereocenters. The number of hydrogen-bond acceptors (Lipinski definition) is 3. The number of Topliss-reactive ketones (excluding diaryl/α,β-unsaturated/α-hetero) is 1. The van der Waals surface area contributed by atoms with E-state index in [2.05, 4.69) is 4.98 Å². The Hall–Kier alpha value is -2.10. The largest absolute Gasteiger partial charge is 0.493 e. The van der Waals surface area contributed by atoms with Gasteiger partial charge in [0.15, 0.2) is 5.82 Å². The number of ketones is 1. The zero-order chi connectivity index (χ0) is 12.5. The summed E-state index contributed by atoms with van der Waals surface area (Å²) in [7, 11) is 1.83. The van der Waals surface area contributed by atoms with Gasteiger partial charge in [-0.25, -0.2) is 4.98 Å². The van der Waals surface area contributed by atoms with Crippen LogP contribution in [0.4, 0.5) is 0 Å². The summed E-state index contributed by atoms with van der Waals surface area (Å²) in [5.41, 5.74) is 1.09. The first-order valence-electron chi connectivity index (χ1n) is 5.98. The summed E-state index contributed by atoms with van der Waals surface area (Å²) in [6, 6.07) is 7.86. The summed E-state index contributed by atoms with van der Waals surface area (Å²) in [5.74, 6) is 1.31. The molecule has 0 spiro atoms. The smallest absolute Gasteiger partial charge is 0.205 e. The Balaban J connectivity index is 1.84. The first-order valence-corrected chi connectivity index (χ1v) is 5.98. The molecule has 92 valence electrons. The summed E-state index contributed by atoms with van der Waals surface area (Å²) in [6.45, 7) is 0.433. The molecule has 1 aliphatic rings. The van der Waals surface area contributed by atoms with Gasteiger partial charge in [-0.05, 0) is 18.1 Å². The normalized spacial score (nSPS) is 17.9. The van der Waals surface area contributed by atoms with E-state index in [1.807, 2.05) is 31.3 Å². The molecule has 1 atom stereocenters. The van der Waals surface area contributed by atoms with Gasteiger partial charge in [-0.1, -0.05) is 18.2 Å². The molecule has 1 aromatic heterocycles. The number of rotatable bonds is 2. The quantitative estimate of drug-likeness (QED) is 0.755. The molecule has 4 heteroatoms. The number of imidazole rings is 1. The fraction of sp³-hybridized carbons (Fsp3) is 0.286. The number of aromatic nitrogens is 2. The number of carbonyl (C=O) groups excluding carboxylic acids is 1. The van der Waals surface area contributed by atoms with E-state index < -0.39 is 0 Å². The predicted octanol–water partition coefficient (Wildman–Crippen LogP) is 1.85. The minimum atomic E-state index is -0.138. The summed E-state index contributed by atoms with van der Waals surface area (Å²) in [5, 5.41) is 0. The van der Waals surface area contributed by atoms with Crippen molar-refractivity contribution in [2.75, 3.05) is 6.61 Å². The Morgan fingerprint density at radius 2 is 2.28 bits per heavy atom. The number of fused-ring (bicyclic) bond motifs is 1. The van der Waals surface area contributed by atoms with Gasteiger partial charge < -0.3 is 9.30 Å². The molecule has 3 rings (SSSR count). The summed E-state index contributed by atoms with van der Waals surface area (Å²) in [6.07, 6.45) is 4.15. The fourth-order valence-corrected chi connectivity index (χ4v) is 2.28. The van der Waals surface area contributed by atoms with Crippen LogP contribution in [0.5, 0.6) is 5.75 Å². The van der Waals surface area contributed by atoms with Gasteiger partial charge in [0, 0.05) is 19.4 Å². The second-order valence-corrected chi connectivity index (χ2v) is 4.55. The second-order valence-electron chi connectivity index (χ2n) is 4.55. The summed E-state index contributed by atoms with van der Waals surface area (Å²) >= 11 is 0. The lowest BCUT2D eigenvalue weighted by Crippen LogP contribution is -2.29. The zero-order valence-electron chi connectivity index (χ0n) is 10.2. The Bertz CT molecular complexity index is 589. The summed E-state index contributed by atoms with van der Waals surface area (Å²) < 4.78 is 7.39. The molecule has 2 heterocycles. The van der Waals surface area contributed by atoms with Crippen LogP contribution >= 0.6 is 0 Å². The van der Waals surface area contributed by atoms with E-state index in [1.54, 1.807) is 17.0 Å². The Morgan fingerprint density at radius 1 is 1.44 bits per heavy atom. The van der Waals surface area contributed by atoms with Gasteiger partial charge in [0.1, 0.15) is 5.75 Å². The second kappa shape index (κ2) is 4.29. The van der Waals surface area contributed by atoms with Crippen LogP contribution in [-0.4, -0.2) is 21.9 Å². The van der Waals surface area contributed by atoms with Crippen molar-refractivity contribution in [1.29, 1.82) is 0 Å². The number of benzene rings is 1. The van der Waals surface area contributed by atoms with Crippen LogP contribution in [-0.2, 0) is 13.5 Å². The van der Waals surface area contributed by atoms with Crippen molar-refractivity contribution in [1.82, 2.24) is 9.55 Å². The van der Waals surface area contributed by atoms with Gasteiger partial charge in [0.25, 0.3) is 0 Å². The van der Waals surface area contributed by atoms with E-state index in [0.717, 1.165) is 17.7 Å². The molecular formula is C14H14N2O2. The average molecular weight is 242 g/mol. The average Bonchev–Trinajstić information content (AvgIpc) is 2.83. The molecule has 0 saturated carbocycles. The molecule has 1 aromatic carbocycles. The lowest BCUT2D eigenvalue weighted by molar-refractivity contribution is 0.0841. The maximum Gasteiger partial charge on any atom is 0.205 e. The van der Waals surface area contributed by atoms with E-state index in [0.29, 0.717) is 12.4 Å². The molecule has 18 heavy (non-hydrogen) atoms. The molecule has 2 aromatic rings. The van der Waals surface area contributed by atoms with Gasteiger partial charge >= 0.3 is 0 Å². The fourth-order valence-electron chi connectivity index (χ4n) is 2.28. The Morgan fingerprint density at radius 3 is 3.06 bits per heavy atom. The maximum absolute atomic E-state index is 12.3. The van der Waals surface area contributed by atoms with Crippen molar-refractivity contribution in [3.8, 4) is 5.75 Å². The number of aryl methyl sites for hydroxylation is 1. The van der Waals surface area contributed by atoms with Crippen LogP contribution in [0.2, 0.25) is 0 Å². The van der Waals surface area contributed by atoms with E-state index in [-0.39, 0.29) is 11.7 Å². The molecule has 0 N–H and O–H groups in total. The molecule has 1 aliphatic heterocycles. The molecular weight excluding hydrogens is 228 g/mol. The predicted molar refractivity (Wildman–Crippen MR) is 66.7 cm³/mol. The minimum absolute atomic E-state index is 0.0528. The van der Waals surface area contributed by atoms with Crippen molar-refractivity contribution < 1.29 is 9.53 Å². The first-order chi connectivity index (χ1) is 8.75. The van der Waals surface area contributed by atoms with Crippen LogP contribution in [0.1, 0.15) is 16.2 Å². The van der Waals surface area contributed by atoms with Crippen molar-refractivity contribution in [3.63, 3.8) is 0 Å². The van der Waals surface area contributed by atoms with Gasteiger partial charge in [-0.3, -0.25) is 4.79 Å². The van der Waals surface area contributed by atoms with Crippen LogP contribution in [0, 0.1) is 5.92 Å². The number of para-hydroxylation sites is 1. The van der Waals surface area contributed by atoms with Crippen molar-refractivity contribution in [3.05, 3.63) is 48.0 Å². The van der Waals surface area contributed by atoms with Gasteiger partial charge in [0.2, 0.25) is 5.78 Å². The number of hydrogen-bond donors (Lipinski definition) is 0. The van der Waals surface area contributed by atoms with E-state index >= 15 is 0 Å². The SMILES string of the molecule is Cn1ccnc1C(=O)C1COc2ccccc2C1. The van der Waals surface area contributed by atoms with Crippen LogP contribution in [0.15, 0.2) is 36.7 Å². The molecule has 0 saturated heterocycles. The molecule has 0 bridgehead atoms. The monoisotopic (exact) mass is 242 g/mol. The van der Waals surface area contributed by atoms with Crippen molar-refractivity contribution >= 4 is 5.78 Å². The van der Waals surface area contributed by atoms with Gasteiger partial charge in [0.05, 0.1) is 12.5 Å². The van der Waals surface area contributed by atoms with E-state index in [9.17, 15) is 4.79 Å². The van der Waals surface area contributed by atoms with Crippen molar-refractivity contribution in [2.24, 2.45) is 13.0 Å². The van der Waals surface area contributed by atoms with Crippen LogP contribution < -0.4 is 4.74 Å². The van der Waals surface area contributed by atoms with E-state index in [4.69, 9.17) is 4.74 Å². The summed E-state index contributed by atoms with van der Waals surface area (Å²) in [4.78, 5) is 16.4. The Labute approximate surface area is 105 Å². The molecule has 0 radical (unpaired) electrons. The number of carbonyl (C=O) groups is 1. The topological polar surface area (TPSA) is 44.1 Å². The highest BCUT2D eigenvalue weighted by atomic mass is 16.5.